The topological polar surface area (TPSA) is 119 Å². The van der Waals surface area contributed by atoms with Crippen molar-refractivity contribution in [2.45, 2.75) is 17.6 Å². The lowest BCUT2D eigenvalue weighted by Gasteiger charge is -2.24. The van der Waals surface area contributed by atoms with Crippen LogP contribution in [0.2, 0.25) is 10.0 Å². The number of hydrogen-bond acceptors (Lipinski definition) is 7. The average Bonchev–Trinajstić information content (AvgIpc) is 2.89. The van der Waals surface area contributed by atoms with Gasteiger partial charge in [0.25, 0.3) is 15.7 Å². The van der Waals surface area contributed by atoms with Gasteiger partial charge >= 0.3 is 0 Å². The van der Waals surface area contributed by atoms with Crippen LogP contribution in [0.15, 0.2) is 65.6 Å². The number of aryl methyl sites for hydroxylation is 1. The van der Waals surface area contributed by atoms with E-state index in [0.29, 0.717) is 39.4 Å². The molecule has 0 aromatic heterocycles. The van der Waals surface area contributed by atoms with Crippen molar-refractivity contribution >= 4 is 62.3 Å². The summed E-state index contributed by atoms with van der Waals surface area (Å²) in [6.45, 7) is 1.30. The highest BCUT2D eigenvalue weighted by atomic mass is 35.5. The Morgan fingerprint density at radius 2 is 1.79 bits per heavy atom. The normalized spacial score (nSPS) is 11.2. The molecule has 0 bridgehead atoms. The quantitative estimate of drug-likeness (QED) is 0.167. The maximum atomic E-state index is 13.6. The number of anilines is 1. The SMILES string of the molecule is COc1ccc(N(CC(=O)NCCSCc2ccc(Cl)c(Cl)c2)S(=O)(=O)c2ccc(C)c([N+](=O)[O-])c2)cc1. The minimum Gasteiger partial charge on any atom is -0.497 e. The first-order valence-electron chi connectivity index (χ1n) is 11.2. The average molecular weight is 599 g/mol. The van der Waals surface area contributed by atoms with Gasteiger partial charge in [-0.2, -0.15) is 11.8 Å². The van der Waals surface area contributed by atoms with E-state index in [1.165, 1.54) is 38.3 Å². The van der Waals surface area contributed by atoms with Crippen molar-refractivity contribution in [1.82, 2.24) is 5.32 Å². The molecule has 1 N–H and O–H groups in total. The van der Waals surface area contributed by atoms with Crippen molar-refractivity contribution < 1.29 is 22.9 Å². The minimum absolute atomic E-state index is 0.207. The number of ether oxygens (including phenoxy) is 1. The number of carbonyl (C=O) groups excluding carboxylic acids is 1. The van der Waals surface area contributed by atoms with Crippen molar-refractivity contribution in [2.75, 3.05) is 30.3 Å². The van der Waals surface area contributed by atoms with E-state index in [9.17, 15) is 23.3 Å². The Bertz CT molecular complexity index is 1420. The van der Waals surface area contributed by atoms with E-state index >= 15 is 0 Å². The number of methoxy groups -OCH3 is 1. The van der Waals surface area contributed by atoms with Crippen LogP contribution in [0.3, 0.4) is 0 Å². The molecule has 1 amide bonds. The van der Waals surface area contributed by atoms with Crippen LogP contribution in [0.4, 0.5) is 11.4 Å². The largest absolute Gasteiger partial charge is 0.497 e. The second kappa shape index (κ2) is 13.2. The highest BCUT2D eigenvalue weighted by Gasteiger charge is 2.29. The number of nitrogens with one attached hydrogen (secondary N) is 1. The monoisotopic (exact) mass is 597 g/mol. The molecule has 0 aliphatic rings. The fourth-order valence-electron chi connectivity index (χ4n) is 3.41. The van der Waals surface area contributed by atoms with Crippen LogP contribution in [0.5, 0.6) is 5.75 Å². The third-order valence-electron chi connectivity index (χ3n) is 5.43. The van der Waals surface area contributed by atoms with Gasteiger partial charge in [-0.25, -0.2) is 8.42 Å². The van der Waals surface area contributed by atoms with Gasteiger partial charge < -0.3 is 10.1 Å². The molecular formula is C25H25Cl2N3O6S2. The zero-order chi connectivity index (χ0) is 27.9. The molecule has 0 saturated heterocycles. The molecule has 3 rings (SSSR count). The summed E-state index contributed by atoms with van der Waals surface area (Å²) in [6, 6.07) is 15.1. The summed E-state index contributed by atoms with van der Waals surface area (Å²) in [7, 11) is -2.85. The van der Waals surface area contributed by atoms with Crippen LogP contribution in [0, 0.1) is 17.0 Å². The van der Waals surface area contributed by atoms with E-state index < -0.39 is 27.4 Å². The third kappa shape index (κ3) is 7.53. The van der Waals surface area contributed by atoms with Crippen LogP contribution >= 0.6 is 35.0 Å². The summed E-state index contributed by atoms with van der Waals surface area (Å²) in [4.78, 5) is 23.2. The molecule has 9 nitrogen and oxygen atoms in total. The number of nitro benzene ring substituents is 1. The molecule has 3 aromatic carbocycles. The van der Waals surface area contributed by atoms with Crippen LogP contribution in [0.25, 0.3) is 0 Å². The number of sulfonamides is 1. The molecule has 0 aliphatic heterocycles. The minimum atomic E-state index is -4.32. The zero-order valence-electron chi connectivity index (χ0n) is 20.5. The van der Waals surface area contributed by atoms with E-state index in [1.54, 1.807) is 36.0 Å². The Labute approximate surface area is 235 Å². The molecule has 0 saturated carbocycles. The summed E-state index contributed by atoms with van der Waals surface area (Å²) < 4.78 is 33.2. The van der Waals surface area contributed by atoms with E-state index in [4.69, 9.17) is 27.9 Å². The number of thioether (sulfide) groups is 1. The van der Waals surface area contributed by atoms with Crippen molar-refractivity contribution in [3.8, 4) is 5.75 Å². The van der Waals surface area contributed by atoms with E-state index in [2.05, 4.69) is 5.32 Å². The molecule has 0 radical (unpaired) electrons. The van der Waals surface area contributed by atoms with Crippen LogP contribution in [-0.4, -0.2) is 45.2 Å². The Balaban J connectivity index is 1.72. The molecule has 0 heterocycles. The first-order valence-corrected chi connectivity index (χ1v) is 14.6. The van der Waals surface area contributed by atoms with Crippen LogP contribution < -0.4 is 14.4 Å². The Morgan fingerprint density at radius 1 is 1.08 bits per heavy atom. The van der Waals surface area contributed by atoms with E-state index in [1.807, 2.05) is 6.07 Å². The van der Waals surface area contributed by atoms with Gasteiger partial charge in [-0.15, -0.1) is 0 Å². The summed E-state index contributed by atoms with van der Waals surface area (Å²) in [5.41, 5.74) is 1.18. The smallest absolute Gasteiger partial charge is 0.273 e. The number of hydrogen-bond donors (Lipinski definition) is 1. The predicted octanol–water partition coefficient (Wildman–Crippen LogP) is 5.46. The maximum absolute atomic E-state index is 13.6. The van der Waals surface area contributed by atoms with E-state index in [0.717, 1.165) is 15.9 Å². The fraction of sp³-hybridized carbons (Fsp3) is 0.240. The number of nitrogens with zero attached hydrogens (tertiary/aromatic N) is 2. The first-order chi connectivity index (χ1) is 18.0. The van der Waals surface area contributed by atoms with Gasteiger partial charge in [0.15, 0.2) is 0 Å². The number of rotatable bonds is 12. The molecule has 0 fully saturated rings. The van der Waals surface area contributed by atoms with Gasteiger partial charge in [-0.1, -0.05) is 35.3 Å². The summed E-state index contributed by atoms with van der Waals surface area (Å²) in [5, 5.41) is 15.1. The Hall–Kier alpha value is -2.99. The Morgan fingerprint density at radius 3 is 2.42 bits per heavy atom. The standard InChI is InChI=1S/C25H25Cl2N3O6S2/c1-17-3-9-21(14-24(17)30(32)33)38(34,35)29(19-5-7-20(36-2)8-6-19)15-25(31)28-11-12-37-16-18-4-10-22(26)23(27)13-18/h3-10,13-14H,11-12,15-16H2,1-2H3,(H,28,31). The maximum Gasteiger partial charge on any atom is 0.273 e. The molecule has 0 atom stereocenters. The molecule has 38 heavy (non-hydrogen) atoms. The lowest BCUT2D eigenvalue weighted by molar-refractivity contribution is -0.385. The van der Waals surface area contributed by atoms with Crippen molar-refractivity contribution in [1.29, 1.82) is 0 Å². The van der Waals surface area contributed by atoms with Crippen molar-refractivity contribution in [3.05, 3.63) is 92.0 Å². The third-order valence-corrected chi connectivity index (χ3v) is 8.97. The summed E-state index contributed by atoms with van der Waals surface area (Å²) in [6.07, 6.45) is 0. The van der Waals surface area contributed by atoms with Gasteiger partial charge in [0, 0.05) is 29.7 Å². The number of nitro groups is 1. The number of amides is 1. The van der Waals surface area contributed by atoms with Gasteiger partial charge in [0.1, 0.15) is 12.3 Å². The second-order valence-electron chi connectivity index (χ2n) is 8.07. The number of carbonyl (C=O) groups is 1. The highest BCUT2D eigenvalue weighted by Crippen LogP contribution is 2.29. The van der Waals surface area contributed by atoms with Crippen molar-refractivity contribution in [3.63, 3.8) is 0 Å². The molecule has 3 aromatic rings. The van der Waals surface area contributed by atoms with Crippen LogP contribution in [0.1, 0.15) is 11.1 Å². The van der Waals surface area contributed by atoms with Gasteiger partial charge in [-0.3, -0.25) is 19.2 Å². The highest BCUT2D eigenvalue weighted by molar-refractivity contribution is 7.98. The lowest BCUT2D eigenvalue weighted by Crippen LogP contribution is -2.41. The zero-order valence-corrected chi connectivity index (χ0v) is 23.7. The molecule has 0 unspecified atom stereocenters. The van der Waals surface area contributed by atoms with Gasteiger partial charge in [-0.05, 0) is 55.0 Å². The summed E-state index contributed by atoms with van der Waals surface area (Å²) in [5.74, 6) is 1.21. The fourth-order valence-corrected chi connectivity index (χ4v) is 5.97. The predicted molar refractivity (Wildman–Crippen MR) is 151 cm³/mol. The van der Waals surface area contributed by atoms with Gasteiger partial charge in [0.05, 0.1) is 32.7 Å². The molecular weight excluding hydrogens is 573 g/mol. The number of benzene rings is 3. The molecule has 202 valence electrons. The number of halogens is 2. The van der Waals surface area contributed by atoms with E-state index in [-0.39, 0.29) is 16.3 Å². The Kier molecular flexibility index (Phi) is 10.3. The molecule has 13 heteroatoms. The molecule has 0 aliphatic carbocycles. The van der Waals surface area contributed by atoms with Crippen LogP contribution in [-0.2, 0) is 20.6 Å². The first kappa shape index (κ1) is 29.6. The molecule has 0 spiro atoms. The van der Waals surface area contributed by atoms with Gasteiger partial charge in [0.2, 0.25) is 5.91 Å². The lowest BCUT2D eigenvalue weighted by atomic mass is 10.2. The second-order valence-corrected chi connectivity index (χ2v) is 11.8. The summed E-state index contributed by atoms with van der Waals surface area (Å²) >= 11 is 13.5. The van der Waals surface area contributed by atoms with Crippen molar-refractivity contribution in [2.24, 2.45) is 0 Å².